The molecule has 55 heavy (non-hydrogen) atoms. The van der Waals surface area contributed by atoms with Gasteiger partial charge in [-0.3, -0.25) is 0 Å². The lowest BCUT2D eigenvalue weighted by Gasteiger charge is -2.26. The summed E-state index contributed by atoms with van der Waals surface area (Å²) >= 11 is 0. The van der Waals surface area contributed by atoms with Gasteiger partial charge in [0, 0.05) is 28.0 Å². The molecule has 11 aromatic rings. The van der Waals surface area contributed by atoms with Gasteiger partial charge in [-0.2, -0.15) is 0 Å². The molecular weight excluding hydrogens is 673 g/mol. The molecule has 2 aromatic heterocycles. The summed E-state index contributed by atoms with van der Waals surface area (Å²) in [4.78, 5) is 7.12. The number of fused-ring (bicyclic) bond motifs is 8. The first-order chi connectivity index (χ1) is 27.2. The Bertz CT molecular complexity index is 3180. The van der Waals surface area contributed by atoms with Crippen molar-refractivity contribution in [2.75, 3.05) is 4.90 Å². The molecule has 0 bridgehead atoms. The van der Waals surface area contributed by atoms with Gasteiger partial charge in [0.05, 0.1) is 5.39 Å². The van der Waals surface area contributed by atoms with Crippen LogP contribution in [0.25, 0.3) is 88.3 Å². The molecule has 0 N–H and O–H groups in total. The number of rotatable bonds is 6. The van der Waals surface area contributed by atoms with Gasteiger partial charge >= 0.3 is 0 Å². The molecule has 0 radical (unpaired) electrons. The molecule has 0 aliphatic rings. The first-order valence-corrected chi connectivity index (χ1v) is 18.5. The van der Waals surface area contributed by atoms with Crippen LogP contribution in [0, 0.1) is 0 Å². The van der Waals surface area contributed by atoms with E-state index in [0.717, 1.165) is 66.8 Å². The smallest absolute Gasteiger partial charge is 0.227 e. The minimum atomic E-state index is 0.601. The van der Waals surface area contributed by atoms with Crippen LogP contribution in [0.1, 0.15) is 0 Å². The number of nitrogens with zero attached hydrogens (tertiary/aromatic N) is 2. The fourth-order valence-electron chi connectivity index (χ4n) is 8.04. The van der Waals surface area contributed by atoms with E-state index in [9.17, 15) is 0 Å². The lowest BCUT2D eigenvalue weighted by molar-refractivity contribution is 0.622. The molecule has 11 rings (SSSR count). The van der Waals surface area contributed by atoms with Gasteiger partial charge in [0.15, 0.2) is 5.58 Å². The average Bonchev–Trinajstić information content (AvgIpc) is 3.86. The lowest BCUT2D eigenvalue weighted by Crippen LogP contribution is -2.09. The molecule has 0 saturated heterocycles. The second kappa shape index (κ2) is 12.6. The highest BCUT2D eigenvalue weighted by atomic mass is 16.4. The van der Waals surface area contributed by atoms with Crippen molar-refractivity contribution in [3.8, 4) is 33.7 Å². The Balaban J connectivity index is 0.965. The fourth-order valence-corrected chi connectivity index (χ4v) is 8.04. The van der Waals surface area contributed by atoms with Crippen LogP contribution in [0.3, 0.4) is 0 Å². The minimum Gasteiger partial charge on any atom is -0.456 e. The van der Waals surface area contributed by atoms with Crippen molar-refractivity contribution < 1.29 is 8.83 Å². The third-order valence-corrected chi connectivity index (χ3v) is 10.7. The van der Waals surface area contributed by atoms with E-state index in [0.29, 0.717) is 5.89 Å². The summed E-state index contributed by atoms with van der Waals surface area (Å²) in [6.45, 7) is 0. The van der Waals surface area contributed by atoms with Gasteiger partial charge in [0.25, 0.3) is 0 Å². The van der Waals surface area contributed by atoms with Crippen molar-refractivity contribution in [2.24, 2.45) is 0 Å². The van der Waals surface area contributed by atoms with Gasteiger partial charge in [-0.05, 0) is 123 Å². The summed E-state index contributed by atoms with van der Waals surface area (Å²) in [6.07, 6.45) is 0. The lowest BCUT2D eigenvalue weighted by atomic mass is 9.93. The molecule has 0 atom stereocenters. The van der Waals surface area contributed by atoms with Crippen LogP contribution >= 0.6 is 0 Å². The number of anilines is 3. The van der Waals surface area contributed by atoms with Crippen molar-refractivity contribution in [2.45, 2.75) is 0 Å². The molecule has 2 heterocycles. The summed E-state index contributed by atoms with van der Waals surface area (Å²) in [5, 5.41) is 7.00. The minimum absolute atomic E-state index is 0.601. The highest BCUT2D eigenvalue weighted by molar-refractivity contribution is 6.17. The van der Waals surface area contributed by atoms with E-state index in [-0.39, 0.29) is 0 Å². The Morgan fingerprint density at radius 1 is 0.382 bits per heavy atom. The average molecular weight is 705 g/mol. The number of aromatic nitrogens is 1. The number of hydrogen-bond donors (Lipinski definition) is 0. The van der Waals surface area contributed by atoms with E-state index in [1.165, 1.54) is 32.7 Å². The highest BCUT2D eigenvalue weighted by Gasteiger charge is 2.18. The Hall–Kier alpha value is -7.43. The topological polar surface area (TPSA) is 42.4 Å². The van der Waals surface area contributed by atoms with Crippen LogP contribution in [0.5, 0.6) is 0 Å². The van der Waals surface area contributed by atoms with Crippen molar-refractivity contribution in [3.05, 3.63) is 194 Å². The predicted molar refractivity (Wildman–Crippen MR) is 227 cm³/mol. The van der Waals surface area contributed by atoms with Crippen LogP contribution < -0.4 is 4.90 Å². The standard InChI is InChI=1S/C51H32N2O2/c1-3-11-35(12-4-1)51-52-46-28-30-48-49(50(46)55-51)45-31-36(23-29-47(45)54-48)33-19-24-39(25-20-33)53(38-14-5-2-6-15-38)40-26-21-34(22-27-40)44-32-37-13-7-8-16-41(37)42-17-9-10-18-43(42)44/h1-32H. The second-order valence-electron chi connectivity index (χ2n) is 13.9. The molecule has 0 amide bonds. The van der Waals surface area contributed by atoms with E-state index in [2.05, 4.69) is 157 Å². The third kappa shape index (κ3) is 5.26. The monoisotopic (exact) mass is 704 g/mol. The van der Waals surface area contributed by atoms with Gasteiger partial charge in [0.2, 0.25) is 5.89 Å². The zero-order valence-electron chi connectivity index (χ0n) is 29.7. The van der Waals surface area contributed by atoms with Gasteiger partial charge in [-0.1, -0.05) is 115 Å². The summed E-state index contributed by atoms with van der Waals surface area (Å²) < 4.78 is 12.7. The highest BCUT2D eigenvalue weighted by Crippen LogP contribution is 2.41. The number of hydrogen-bond acceptors (Lipinski definition) is 4. The Morgan fingerprint density at radius 3 is 1.75 bits per heavy atom. The Kier molecular flexibility index (Phi) is 7.14. The summed E-state index contributed by atoms with van der Waals surface area (Å²) in [5.74, 6) is 0.601. The van der Waals surface area contributed by atoms with Crippen LogP contribution in [0.15, 0.2) is 203 Å². The van der Waals surface area contributed by atoms with Crippen molar-refractivity contribution in [1.82, 2.24) is 4.98 Å². The van der Waals surface area contributed by atoms with Gasteiger partial charge in [-0.25, -0.2) is 4.98 Å². The van der Waals surface area contributed by atoms with Crippen LogP contribution in [0.4, 0.5) is 17.1 Å². The van der Waals surface area contributed by atoms with E-state index in [4.69, 9.17) is 13.8 Å². The fraction of sp³-hybridized carbons (Fsp3) is 0. The number of benzene rings is 9. The Labute approximate surface area is 317 Å². The van der Waals surface area contributed by atoms with Gasteiger partial charge in [0.1, 0.15) is 16.7 Å². The molecule has 0 spiro atoms. The molecule has 258 valence electrons. The summed E-state index contributed by atoms with van der Waals surface area (Å²) in [6, 6.07) is 68.3. The maximum atomic E-state index is 6.40. The molecule has 4 heteroatoms. The first-order valence-electron chi connectivity index (χ1n) is 18.5. The van der Waals surface area contributed by atoms with Gasteiger partial charge in [-0.15, -0.1) is 0 Å². The largest absolute Gasteiger partial charge is 0.456 e. The predicted octanol–water partition coefficient (Wildman–Crippen LogP) is 14.5. The number of oxazole rings is 1. The zero-order chi connectivity index (χ0) is 36.3. The number of furan rings is 1. The van der Waals surface area contributed by atoms with E-state index < -0.39 is 0 Å². The molecular formula is C51H32N2O2. The maximum Gasteiger partial charge on any atom is 0.227 e. The van der Waals surface area contributed by atoms with E-state index in [1.54, 1.807) is 0 Å². The quantitative estimate of drug-likeness (QED) is 0.162. The van der Waals surface area contributed by atoms with E-state index in [1.807, 2.05) is 42.5 Å². The summed E-state index contributed by atoms with van der Waals surface area (Å²) in [7, 11) is 0. The molecule has 0 aliphatic carbocycles. The van der Waals surface area contributed by atoms with Crippen molar-refractivity contribution in [3.63, 3.8) is 0 Å². The zero-order valence-corrected chi connectivity index (χ0v) is 29.7. The SMILES string of the molecule is c1ccc(-c2nc3ccc4oc5ccc(-c6ccc(N(c7ccccc7)c7ccc(-c8cc9ccccc9c9ccccc89)cc7)cc6)cc5c4c3o2)cc1. The molecule has 4 nitrogen and oxygen atoms in total. The third-order valence-electron chi connectivity index (χ3n) is 10.7. The van der Waals surface area contributed by atoms with Crippen molar-refractivity contribution in [1.29, 1.82) is 0 Å². The Morgan fingerprint density at radius 2 is 0.982 bits per heavy atom. The second-order valence-corrected chi connectivity index (χ2v) is 13.9. The molecule has 0 unspecified atom stereocenters. The maximum absolute atomic E-state index is 6.40. The normalized spacial score (nSPS) is 11.6. The summed E-state index contributed by atoms with van der Waals surface area (Å²) in [5.41, 5.74) is 12.0. The van der Waals surface area contributed by atoms with Gasteiger partial charge < -0.3 is 13.7 Å². The molecule has 0 saturated carbocycles. The number of para-hydroxylation sites is 1. The molecule has 0 fully saturated rings. The molecule has 9 aromatic carbocycles. The van der Waals surface area contributed by atoms with Crippen LogP contribution in [0.2, 0.25) is 0 Å². The van der Waals surface area contributed by atoms with E-state index >= 15 is 0 Å². The van der Waals surface area contributed by atoms with Crippen molar-refractivity contribution >= 4 is 71.6 Å². The first kappa shape index (κ1) is 31.1. The van der Waals surface area contributed by atoms with Crippen LogP contribution in [-0.4, -0.2) is 4.98 Å². The van der Waals surface area contributed by atoms with Crippen LogP contribution in [-0.2, 0) is 0 Å². The molecule has 0 aliphatic heterocycles.